The van der Waals surface area contributed by atoms with Gasteiger partial charge in [-0.3, -0.25) is 14.2 Å². The molecule has 7 nitrogen and oxygen atoms in total. The molecule has 1 aromatic rings. The van der Waals surface area contributed by atoms with Crippen molar-refractivity contribution in [3.05, 3.63) is 30.4 Å². The molecule has 0 bridgehead atoms. The molecule has 0 unspecified atom stereocenters. The van der Waals surface area contributed by atoms with Gasteiger partial charge in [-0.15, -0.1) is 0 Å². The quantitative estimate of drug-likeness (QED) is 0.431. The van der Waals surface area contributed by atoms with Crippen LogP contribution in [0.2, 0.25) is 0 Å². The van der Waals surface area contributed by atoms with Crippen LogP contribution in [0.15, 0.2) is 30.4 Å². The van der Waals surface area contributed by atoms with Crippen LogP contribution in [0, 0.1) is 0 Å². The number of methoxy groups -OCH3 is 2. The Balaban J connectivity index is 3.38. The van der Waals surface area contributed by atoms with Crippen molar-refractivity contribution in [2.75, 3.05) is 27.4 Å². The summed E-state index contributed by atoms with van der Waals surface area (Å²) in [6.45, 7) is 9.59. The van der Waals surface area contributed by atoms with Gasteiger partial charge in [0, 0.05) is 6.07 Å². The van der Waals surface area contributed by atoms with Crippen LogP contribution in [0.4, 0.5) is 0 Å². The maximum atomic E-state index is 11.8. The van der Waals surface area contributed by atoms with Gasteiger partial charge in [0.15, 0.2) is 44.7 Å². The van der Waals surface area contributed by atoms with Gasteiger partial charge in [0.1, 0.15) is 0 Å². The Morgan fingerprint density at radius 2 is 1.42 bits per heavy atom. The highest BCUT2D eigenvalue weighted by Gasteiger charge is 2.24. The summed E-state index contributed by atoms with van der Waals surface area (Å²) in [5.74, 6) is -0.303. The van der Waals surface area contributed by atoms with Crippen molar-refractivity contribution in [3.8, 4) is 23.0 Å². The minimum Gasteiger partial charge on any atom is -0.493 e. The van der Waals surface area contributed by atoms with Gasteiger partial charge in [-0.2, -0.15) is 0 Å². The van der Waals surface area contributed by atoms with Crippen molar-refractivity contribution in [1.29, 1.82) is 0 Å². The van der Waals surface area contributed by atoms with E-state index < -0.39 is 0 Å². The number of rotatable bonds is 11. The first kappa shape index (κ1) is 21.4. The molecule has 0 amide bonds. The SMILES string of the molecule is C=C(C)C(=O)COc1c(OC)cc(P=O)c(OC)c1OCC(=O)C(=C)C. The maximum absolute atomic E-state index is 11.8. The molecule has 0 spiro atoms. The zero-order chi connectivity index (χ0) is 19.9. The molecule has 1 aromatic carbocycles. The van der Waals surface area contributed by atoms with Crippen LogP contribution in [0.5, 0.6) is 23.0 Å². The van der Waals surface area contributed by atoms with Crippen molar-refractivity contribution in [1.82, 2.24) is 0 Å². The minimum atomic E-state index is -0.345. The van der Waals surface area contributed by atoms with Crippen molar-refractivity contribution in [3.63, 3.8) is 0 Å². The molecule has 0 aliphatic carbocycles. The third-order valence-electron chi connectivity index (χ3n) is 3.31. The van der Waals surface area contributed by atoms with Crippen LogP contribution >= 0.6 is 8.46 Å². The molecule has 0 saturated carbocycles. The Morgan fingerprint density at radius 3 is 1.81 bits per heavy atom. The van der Waals surface area contributed by atoms with E-state index in [0.29, 0.717) is 11.1 Å². The predicted molar refractivity (Wildman–Crippen MR) is 97.4 cm³/mol. The monoisotopic (exact) mass is 380 g/mol. The number of ether oxygens (including phenoxy) is 4. The topological polar surface area (TPSA) is 88.1 Å². The zero-order valence-corrected chi connectivity index (χ0v) is 16.1. The molecule has 0 heterocycles. The second-order valence-electron chi connectivity index (χ2n) is 5.37. The molecule has 0 aromatic heterocycles. The molecule has 0 aliphatic heterocycles. The average molecular weight is 380 g/mol. The number of carbonyl (C=O) groups is 2. The standard InChI is InChI=1S/C18H21O7P/c1-10(2)12(19)8-24-16-14(22-5)7-15(26-21)17(23-6)18(16)25-9-13(20)11(3)4/h7H,1,3,8-9H2,2,4-6H3. The molecule has 0 fully saturated rings. The third-order valence-corrected chi connectivity index (χ3v) is 3.84. The molecule has 26 heavy (non-hydrogen) atoms. The van der Waals surface area contributed by atoms with E-state index in [1.807, 2.05) is 0 Å². The van der Waals surface area contributed by atoms with Gasteiger partial charge in [0.05, 0.1) is 19.5 Å². The summed E-state index contributed by atoms with van der Waals surface area (Å²) in [4.78, 5) is 23.6. The van der Waals surface area contributed by atoms with Crippen molar-refractivity contribution < 1.29 is 33.1 Å². The Bertz CT molecular complexity index is 752. The van der Waals surface area contributed by atoms with Gasteiger partial charge in [-0.1, -0.05) is 13.2 Å². The lowest BCUT2D eigenvalue weighted by Gasteiger charge is -2.19. The highest BCUT2D eigenvalue weighted by Crippen LogP contribution is 2.44. The van der Waals surface area contributed by atoms with Crippen LogP contribution < -0.4 is 24.3 Å². The largest absolute Gasteiger partial charge is 0.493 e. The lowest BCUT2D eigenvalue weighted by Crippen LogP contribution is -2.17. The molecular weight excluding hydrogens is 359 g/mol. The molecular formula is C18H21O7P. The van der Waals surface area contributed by atoms with Gasteiger partial charge in [-0.05, 0) is 25.0 Å². The highest BCUT2D eigenvalue weighted by atomic mass is 31.1. The fourth-order valence-corrected chi connectivity index (χ4v) is 2.24. The molecule has 0 atom stereocenters. The van der Waals surface area contributed by atoms with E-state index >= 15 is 0 Å². The number of benzene rings is 1. The zero-order valence-electron chi connectivity index (χ0n) is 15.2. The van der Waals surface area contributed by atoms with Gasteiger partial charge in [-0.25, -0.2) is 0 Å². The summed E-state index contributed by atoms with van der Waals surface area (Å²) in [5, 5.41) is 0.237. The number of Topliss-reactive ketones (excluding diaryl/α,β-unsaturated/α-hetero) is 2. The Hall–Kier alpha value is -2.66. The second kappa shape index (κ2) is 9.73. The van der Waals surface area contributed by atoms with Crippen LogP contribution in [0.25, 0.3) is 0 Å². The van der Waals surface area contributed by atoms with Crippen LogP contribution in [0.1, 0.15) is 13.8 Å². The Kier molecular flexibility index (Phi) is 8.00. The first-order valence-electron chi connectivity index (χ1n) is 7.52. The minimum absolute atomic E-state index is 0.00863. The fraction of sp³-hybridized carbons (Fsp3) is 0.333. The van der Waals surface area contributed by atoms with E-state index in [1.54, 1.807) is 13.8 Å². The third kappa shape index (κ3) is 5.17. The van der Waals surface area contributed by atoms with E-state index in [-0.39, 0.29) is 61.5 Å². The van der Waals surface area contributed by atoms with E-state index in [4.69, 9.17) is 18.9 Å². The number of carbonyl (C=O) groups excluding carboxylic acids is 2. The van der Waals surface area contributed by atoms with Gasteiger partial charge in [0.25, 0.3) is 0 Å². The normalized spacial score (nSPS) is 10.2. The van der Waals surface area contributed by atoms with E-state index in [9.17, 15) is 14.2 Å². The maximum Gasteiger partial charge on any atom is 0.209 e. The molecule has 8 heteroatoms. The lowest BCUT2D eigenvalue weighted by atomic mass is 10.2. The summed E-state index contributed by atoms with van der Waals surface area (Å²) in [6, 6.07) is 1.43. The molecule has 0 N–H and O–H groups in total. The van der Waals surface area contributed by atoms with Crippen LogP contribution in [0.3, 0.4) is 0 Å². The van der Waals surface area contributed by atoms with Crippen molar-refractivity contribution in [2.45, 2.75) is 13.8 Å². The van der Waals surface area contributed by atoms with Crippen LogP contribution in [-0.4, -0.2) is 39.0 Å². The van der Waals surface area contributed by atoms with Crippen molar-refractivity contribution >= 4 is 25.3 Å². The summed E-state index contributed by atoms with van der Waals surface area (Å²) in [5.41, 5.74) is 0.638. The number of hydrogen-bond acceptors (Lipinski definition) is 7. The van der Waals surface area contributed by atoms with Gasteiger partial charge < -0.3 is 18.9 Å². The first-order valence-corrected chi connectivity index (χ1v) is 8.33. The van der Waals surface area contributed by atoms with Gasteiger partial charge in [0.2, 0.25) is 11.5 Å². The van der Waals surface area contributed by atoms with E-state index in [2.05, 4.69) is 13.2 Å². The number of ketones is 2. The first-order chi connectivity index (χ1) is 12.3. The van der Waals surface area contributed by atoms with E-state index in [0.717, 1.165) is 0 Å². The summed E-state index contributed by atoms with van der Waals surface area (Å²) < 4.78 is 33.0. The molecule has 0 radical (unpaired) electrons. The predicted octanol–water partition coefficient (Wildman–Crippen LogP) is 2.67. The molecule has 140 valence electrons. The highest BCUT2D eigenvalue weighted by molar-refractivity contribution is 7.34. The Labute approximate surface area is 153 Å². The molecule has 0 aliphatic rings. The smallest absolute Gasteiger partial charge is 0.209 e. The van der Waals surface area contributed by atoms with Crippen molar-refractivity contribution in [2.24, 2.45) is 0 Å². The molecule has 0 saturated heterocycles. The summed E-state index contributed by atoms with van der Waals surface area (Å²) in [6.07, 6.45) is 0. The average Bonchev–Trinajstić information content (AvgIpc) is 2.62. The lowest BCUT2D eigenvalue weighted by molar-refractivity contribution is -0.118. The summed E-state index contributed by atoms with van der Waals surface area (Å²) >= 11 is 0. The van der Waals surface area contributed by atoms with Crippen LogP contribution in [-0.2, 0) is 14.2 Å². The second-order valence-corrected chi connectivity index (χ2v) is 6.03. The number of hydrogen-bond donors (Lipinski definition) is 0. The summed E-state index contributed by atoms with van der Waals surface area (Å²) in [7, 11) is 2.39. The van der Waals surface area contributed by atoms with Gasteiger partial charge >= 0.3 is 0 Å². The Morgan fingerprint density at radius 1 is 0.923 bits per heavy atom. The molecule has 1 rings (SSSR count). The van der Waals surface area contributed by atoms with E-state index in [1.165, 1.54) is 20.3 Å². The fourth-order valence-electron chi connectivity index (χ4n) is 1.79.